The van der Waals surface area contributed by atoms with Gasteiger partial charge in [-0.05, 0) is 6.07 Å². The Morgan fingerprint density at radius 2 is 1.67 bits per heavy atom. The number of benzene rings is 1. The third-order valence-electron chi connectivity index (χ3n) is 2.38. The van der Waals surface area contributed by atoms with Gasteiger partial charge in [0.25, 0.3) is 0 Å². The van der Waals surface area contributed by atoms with Crippen LogP contribution in [0.2, 0.25) is 0 Å². The molecule has 0 fully saturated rings. The van der Waals surface area contributed by atoms with Crippen molar-refractivity contribution in [3.05, 3.63) is 17.7 Å². The first-order valence-electron chi connectivity index (χ1n) is 5.27. The minimum absolute atomic E-state index is 0.0909. The lowest BCUT2D eigenvalue weighted by Crippen LogP contribution is -2.23. The molecule has 0 unspecified atom stereocenters. The molecule has 1 N–H and O–H groups in total. The second-order valence-electron chi connectivity index (χ2n) is 3.43. The molecule has 0 aliphatic heterocycles. The van der Waals surface area contributed by atoms with Gasteiger partial charge in [-0.25, -0.2) is 0 Å². The summed E-state index contributed by atoms with van der Waals surface area (Å²) < 4.78 is 15.6. The maximum absolute atomic E-state index is 11.2. The Kier molecular flexibility index (Phi) is 5.77. The Bertz CT molecular complexity index is 423. The molecular weight excluding hydrogens is 302 g/mol. The zero-order valence-electron chi connectivity index (χ0n) is 10.6. The van der Waals surface area contributed by atoms with Crippen LogP contribution in [-0.2, 0) is 11.3 Å². The Balaban J connectivity index is 2.98. The topological polar surface area (TPSA) is 56.8 Å². The third-order valence-corrected chi connectivity index (χ3v) is 2.89. The van der Waals surface area contributed by atoms with Gasteiger partial charge in [0.15, 0.2) is 11.5 Å². The van der Waals surface area contributed by atoms with Crippen LogP contribution in [0.25, 0.3) is 0 Å². The minimum Gasteiger partial charge on any atom is -0.496 e. The van der Waals surface area contributed by atoms with E-state index in [9.17, 15) is 4.79 Å². The third kappa shape index (κ3) is 3.53. The van der Waals surface area contributed by atoms with Crippen molar-refractivity contribution in [3.8, 4) is 17.2 Å². The molecule has 0 saturated carbocycles. The highest BCUT2D eigenvalue weighted by atomic mass is 79.9. The van der Waals surface area contributed by atoms with E-state index in [1.165, 1.54) is 0 Å². The summed E-state index contributed by atoms with van der Waals surface area (Å²) in [6.45, 7) is 0.369. The molecule has 0 heterocycles. The van der Waals surface area contributed by atoms with Gasteiger partial charge in [0.2, 0.25) is 5.91 Å². The zero-order valence-corrected chi connectivity index (χ0v) is 12.2. The molecule has 1 rings (SSSR count). The van der Waals surface area contributed by atoms with E-state index >= 15 is 0 Å². The predicted molar refractivity (Wildman–Crippen MR) is 71.7 cm³/mol. The smallest absolute Gasteiger partial charge is 0.230 e. The summed E-state index contributed by atoms with van der Waals surface area (Å²) in [6.07, 6.45) is 0. The van der Waals surface area contributed by atoms with E-state index in [0.29, 0.717) is 23.8 Å². The summed E-state index contributed by atoms with van der Waals surface area (Å²) in [6, 6.07) is 3.51. The number of carbonyl (C=O) groups excluding carboxylic acids is 1. The highest BCUT2D eigenvalue weighted by Crippen LogP contribution is 2.34. The second kappa shape index (κ2) is 7.10. The van der Waals surface area contributed by atoms with Crippen LogP contribution in [-0.4, -0.2) is 32.6 Å². The molecule has 0 aliphatic carbocycles. The van der Waals surface area contributed by atoms with Crippen LogP contribution in [0.5, 0.6) is 17.2 Å². The maximum Gasteiger partial charge on any atom is 0.230 e. The summed E-state index contributed by atoms with van der Waals surface area (Å²) in [7, 11) is 4.69. The van der Waals surface area contributed by atoms with Crippen molar-refractivity contribution in [2.45, 2.75) is 6.54 Å². The average Bonchev–Trinajstić information content (AvgIpc) is 2.43. The van der Waals surface area contributed by atoms with E-state index in [2.05, 4.69) is 21.2 Å². The van der Waals surface area contributed by atoms with Gasteiger partial charge in [0, 0.05) is 18.2 Å². The van der Waals surface area contributed by atoms with Crippen molar-refractivity contribution in [1.82, 2.24) is 5.32 Å². The summed E-state index contributed by atoms with van der Waals surface area (Å²) in [5, 5.41) is 3.02. The Hall–Kier alpha value is -1.43. The lowest BCUT2D eigenvalue weighted by atomic mass is 10.1. The quantitative estimate of drug-likeness (QED) is 0.812. The normalized spacial score (nSPS) is 9.78. The Labute approximate surface area is 115 Å². The van der Waals surface area contributed by atoms with E-state index in [1.807, 2.05) is 0 Å². The van der Waals surface area contributed by atoms with E-state index in [1.54, 1.807) is 33.5 Å². The fourth-order valence-electron chi connectivity index (χ4n) is 1.47. The first-order valence-corrected chi connectivity index (χ1v) is 6.40. The number of ether oxygens (including phenoxy) is 3. The minimum atomic E-state index is -0.0909. The lowest BCUT2D eigenvalue weighted by Gasteiger charge is -2.14. The van der Waals surface area contributed by atoms with Crippen LogP contribution in [0, 0.1) is 0 Å². The van der Waals surface area contributed by atoms with Crippen LogP contribution in [0.15, 0.2) is 12.1 Å². The van der Waals surface area contributed by atoms with Crippen LogP contribution >= 0.6 is 15.9 Å². The summed E-state index contributed by atoms with van der Waals surface area (Å²) >= 11 is 3.09. The number of halogens is 1. The molecule has 0 aromatic heterocycles. The standard InChI is InChI=1S/C12H16BrNO4/c1-16-9-5-11(18-3)10(17-2)4-8(9)7-14-12(15)6-13/h4-5H,6-7H2,1-3H3,(H,14,15). The molecule has 0 atom stereocenters. The fraction of sp³-hybridized carbons (Fsp3) is 0.417. The van der Waals surface area contributed by atoms with Gasteiger partial charge < -0.3 is 19.5 Å². The molecule has 6 heteroatoms. The van der Waals surface area contributed by atoms with Crippen LogP contribution in [0.1, 0.15) is 5.56 Å². The lowest BCUT2D eigenvalue weighted by molar-refractivity contribution is -0.118. The van der Waals surface area contributed by atoms with E-state index < -0.39 is 0 Å². The maximum atomic E-state index is 11.2. The zero-order chi connectivity index (χ0) is 13.5. The molecule has 0 saturated heterocycles. The molecule has 1 aromatic rings. The number of amides is 1. The van der Waals surface area contributed by atoms with Gasteiger partial charge in [-0.2, -0.15) is 0 Å². The van der Waals surface area contributed by atoms with Gasteiger partial charge in [0.05, 0.1) is 26.7 Å². The molecule has 5 nitrogen and oxygen atoms in total. The average molecular weight is 318 g/mol. The first-order chi connectivity index (χ1) is 8.65. The fourth-order valence-corrected chi connectivity index (χ4v) is 1.67. The number of nitrogens with one attached hydrogen (secondary N) is 1. The molecule has 0 spiro atoms. The van der Waals surface area contributed by atoms with E-state index in [0.717, 1.165) is 5.56 Å². The Morgan fingerprint density at radius 1 is 1.11 bits per heavy atom. The highest BCUT2D eigenvalue weighted by molar-refractivity contribution is 9.09. The Morgan fingerprint density at radius 3 is 2.17 bits per heavy atom. The van der Waals surface area contributed by atoms with Crippen LogP contribution in [0.3, 0.4) is 0 Å². The van der Waals surface area contributed by atoms with Gasteiger partial charge in [0.1, 0.15) is 5.75 Å². The van der Waals surface area contributed by atoms with Crippen molar-refractivity contribution >= 4 is 21.8 Å². The molecule has 0 bridgehead atoms. The number of methoxy groups -OCH3 is 3. The van der Waals surface area contributed by atoms with Gasteiger partial charge >= 0.3 is 0 Å². The molecular formula is C12H16BrNO4. The van der Waals surface area contributed by atoms with Crippen molar-refractivity contribution in [1.29, 1.82) is 0 Å². The van der Waals surface area contributed by atoms with Crippen LogP contribution < -0.4 is 19.5 Å². The monoisotopic (exact) mass is 317 g/mol. The molecule has 18 heavy (non-hydrogen) atoms. The summed E-state index contributed by atoms with van der Waals surface area (Å²) in [5.41, 5.74) is 0.824. The SMILES string of the molecule is COc1cc(OC)c(OC)cc1CNC(=O)CBr. The van der Waals surface area contributed by atoms with E-state index in [4.69, 9.17) is 14.2 Å². The highest BCUT2D eigenvalue weighted by Gasteiger charge is 2.12. The number of rotatable bonds is 6. The summed E-state index contributed by atoms with van der Waals surface area (Å²) in [4.78, 5) is 11.2. The van der Waals surface area contributed by atoms with Crippen molar-refractivity contribution < 1.29 is 19.0 Å². The largest absolute Gasteiger partial charge is 0.496 e. The van der Waals surface area contributed by atoms with Crippen molar-refractivity contribution in [3.63, 3.8) is 0 Å². The van der Waals surface area contributed by atoms with Crippen molar-refractivity contribution in [2.75, 3.05) is 26.7 Å². The second-order valence-corrected chi connectivity index (χ2v) is 3.99. The molecule has 0 aliphatic rings. The van der Waals surface area contributed by atoms with Gasteiger partial charge in [-0.3, -0.25) is 4.79 Å². The van der Waals surface area contributed by atoms with Gasteiger partial charge in [-0.15, -0.1) is 0 Å². The van der Waals surface area contributed by atoms with E-state index in [-0.39, 0.29) is 11.2 Å². The van der Waals surface area contributed by atoms with Crippen LogP contribution in [0.4, 0.5) is 0 Å². The number of carbonyl (C=O) groups is 1. The number of hydrogen-bond acceptors (Lipinski definition) is 4. The van der Waals surface area contributed by atoms with Gasteiger partial charge in [-0.1, -0.05) is 15.9 Å². The number of alkyl halides is 1. The summed E-state index contributed by atoms with van der Waals surface area (Å²) in [5.74, 6) is 1.74. The predicted octanol–water partition coefficient (Wildman–Crippen LogP) is 1.72. The molecule has 100 valence electrons. The molecule has 1 aromatic carbocycles. The number of hydrogen-bond donors (Lipinski definition) is 1. The first kappa shape index (κ1) is 14.6. The van der Waals surface area contributed by atoms with Crippen molar-refractivity contribution in [2.24, 2.45) is 0 Å². The molecule has 0 radical (unpaired) electrons. The molecule has 1 amide bonds.